The van der Waals surface area contributed by atoms with E-state index in [1.807, 2.05) is 35.2 Å². The summed E-state index contributed by atoms with van der Waals surface area (Å²) < 4.78 is 0. The summed E-state index contributed by atoms with van der Waals surface area (Å²) in [5.74, 6) is 1.63. The van der Waals surface area contributed by atoms with Gasteiger partial charge in [-0.25, -0.2) is 9.97 Å². The highest BCUT2D eigenvalue weighted by Crippen LogP contribution is 2.31. The Balaban J connectivity index is 1.50. The SMILES string of the molecule is CN1CCN(c2nc(-c3ccccc3)nc3c2CN(C(=O)c2ccc(Cl)c(Cl)c2)CC3)CC1. The molecule has 0 saturated carbocycles. The van der Waals surface area contributed by atoms with Crippen molar-refractivity contribution < 1.29 is 4.79 Å². The molecule has 5 rings (SSSR count). The lowest BCUT2D eigenvalue weighted by molar-refractivity contribution is 0.0733. The van der Waals surface area contributed by atoms with Gasteiger partial charge in [-0.05, 0) is 25.2 Å². The fourth-order valence-electron chi connectivity index (χ4n) is 4.38. The van der Waals surface area contributed by atoms with Gasteiger partial charge in [-0.1, -0.05) is 53.5 Å². The van der Waals surface area contributed by atoms with Crippen molar-refractivity contribution in [3.05, 3.63) is 75.4 Å². The topological polar surface area (TPSA) is 52.6 Å². The highest BCUT2D eigenvalue weighted by molar-refractivity contribution is 6.42. The van der Waals surface area contributed by atoms with Crippen molar-refractivity contribution in [2.75, 3.05) is 44.7 Å². The molecule has 0 bridgehead atoms. The summed E-state index contributed by atoms with van der Waals surface area (Å²) in [6.45, 7) is 4.82. The van der Waals surface area contributed by atoms with E-state index in [1.165, 1.54) is 0 Å². The van der Waals surface area contributed by atoms with Gasteiger partial charge in [-0.3, -0.25) is 4.79 Å². The molecule has 0 radical (unpaired) electrons. The van der Waals surface area contributed by atoms with Crippen LogP contribution in [0, 0.1) is 0 Å². The molecule has 33 heavy (non-hydrogen) atoms. The van der Waals surface area contributed by atoms with Gasteiger partial charge in [0.1, 0.15) is 5.82 Å². The van der Waals surface area contributed by atoms with Crippen LogP contribution < -0.4 is 4.90 Å². The summed E-state index contributed by atoms with van der Waals surface area (Å²) in [6, 6.07) is 15.1. The first-order valence-corrected chi connectivity index (χ1v) is 11.9. The molecule has 0 N–H and O–H groups in total. The normalized spacial score (nSPS) is 16.6. The molecule has 1 saturated heterocycles. The number of hydrogen-bond donors (Lipinski definition) is 0. The lowest BCUT2D eigenvalue weighted by atomic mass is 10.0. The Morgan fingerprint density at radius 2 is 1.67 bits per heavy atom. The monoisotopic (exact) mass is 481 g/mol. The lowest BCUT2D eigenvalue weighted by Gasteiger charge is -2.37. The van der Waals surface area contributed by atoms with Gasteiger partial charge >= 0.3 is 0 Å². The van der Waals surface area contributed by atoms with E-state index in [2.05, 4.69) is 16.8 Å². The standard InChI is InChI=1S/C25H25Cl2N5O/c1-30-11-13-31(14-12-30)24-19-16-32(25(33)18-7-8-20(26)21(27)15-18)10-9-22(19)28-23(29-24)17-5-3-2-4-6-17/h2-8,15H,9-14,16H2,1H3. The van der Waals surface area contributed by atoms with E-state index in [1.54, 1.807) is 18.2 Å². The Hall–Kier alpha value is -2.67. The van der Waals surface area contributed by atoms with Gasteiger partial charge in [0.25, 0.3) is 5.91 Å². The second-order valence-corrected chi connectivity index (χ2v) is 9.37. The summed E-state index contributed by atoms with van der Waals surface area (Å²) in [7, 11) is 2.14. The Kier molecular flexibility index (Phi) is 6.23. The zero-order chi connectivity index (χ0) is 22.9. The fraction of sp³-hybridized carbons (Fsp3) is 0.320. The summed E-state index contributed by atoms with van der Waals surface area (Å²) in [5, 5.41) is 0.824. The number of anilines is 1. The number of hydrogen-bond acceptors (Lipinski definition) is 5. The van der Waals surface area contributed by atoms with Crippen molar-refractivity contribution in [1.29, 1.82) is 0 Å². The Labute approximate surface area is 203 Å². The maximum absolute atomic E-state index is 13.3. The van der Waals surface area contributed by atoms with Crippen molar-refractivity contribution in [2.45, 2.75) is 13.0 Å². The number of benzene rings is 2. The second-order valence-electron chi connectivity index (χ2n) is 8.56. The molecule has 1 aromatic heterocycles. The minimum atomic E-state index is -0.0596. The molecule has 3 aromatic rings. The average molecular weight is 482 g/mol. The first-order chi connectivity index (χ1) is 16.0. The highest BCUT2D eigenvalue weighted by Gasteiger charge is 2.29. The minimum absolute atomic E-state index is 0.0596. The maximum Gasteiger partial charge on any atom is 0.254 e. The van der Waals surface area contributed by atoms with E-state index in [-0.39, 0.29) is 5.91 Å². The Morgan fingerprint density at radius 1 is 0.909 bits per heavy atom. The first kappa shape index (κ1) is 22.1. The van der Waals surface area contributed by atoms with Crippen LogP contribution in [0.25, 0.3) is 11.4 Å². The molecule has 1 amide bonds. The molecule has 6 nitrogen and oxygen atoms in total. The van der Waals surface area contributed by atoms with Gasteiger partial charge in [-0.15, -0.1) is 0 Å². The number of carbonyl (C=O) groups is 1. The predicted octanol–water partition coefficient (Wildman–Crippen LogP) is 4.40. The summed E-state index contributed by atoms with van der Waals surface area (Å²) >= 11 is 12.2. The molecule has 170 valence electrons. The molecule has 1 fully saturated rings. The van der Waals surface area contributed by atoms with Crippen molar-refractivity contribution in [1.82, 2.24) is 19.8 Å². The third-order valence-electron chi connectivity index (χ3n) is 6.33. The van der Waals surface area contributed by atoms with Gasteiger partial charge in [-0.2, -0.15) is 0 Å². The maximum atomic E-state index is 13.3. The molecule has 0 aliphatic carbocycles. The molecular formula is C25H25Cl2N5O. The second kappa shape index (κ2) is 9.29. The largest absolute Gasteiger partial charge is 0.354 e. The lowest BCUT2D eigenvalue weighted by Crippen LogP contribution is -2.46. The number of carbonyl (C=O) groups excluding carboxylic acids is 1. The van der Waals surface area contributed by atoms with Crippen LogP contribution in [0.3, 0.4) is 0 Å². The quantitative estimate of drug-likeness (QED) is 0.554. The predicted molar refractivity (Wildman–Crippen MR) is 132 cm³/mol. The van der Waals surface area contributed by atoms with Crippen LogP contribution in [-0.2, 0) is 13.0 Å². The Bertz CT molecular complexity index is 1180. The van der Waals surface area contributed by atoms with Crippen molar-refractivity contribution >= 4 is 34.9 Å². The van der Waals surface area contributed by atoms with Gasteiger partial charge in [0, 0.05) is 55.8 Å². The molecule has 2 aliphatic heterocycles. The molecule has 0 unspecified atom stereocenters. The van der Waals surface area contributed by atoms with Crippen LogP contribution in [0.15, 0.2) is 48.5 Å². The zero-order valence-corrected chi connectivity index (χ0v) is 20.0. The molecule has 0 atom stereocenters. The van der Waals surface area contributed by atoms with Crippen molar-refractivity contribution in [3.63, 3.8) is 0 Å². The third-order valence-corrected chi connectivity index (χ3v) is 7.07. The molecule has 3 heterocycles. The number of halogens is 2. The smallest absolute Gasteiger partial charge is 0.254 e. The third kappa shape index (κ3) is 4.56. The number of likely N-dealkylation sites (N-methyl/N-ethyl adjacent to an activating group) is 1. The number of aromatic nitrogens is 2. The van der Waals surface area contributed by atoms with Crippen molar-refractivity contribution in [2.24, 2.45) is 0 Å². The van der Waals surface area contributed by atoms with Gasteiger partial charge in [0.2, 0.25) is 0 Å². The van der Waals surface area contributed by atoms with Crippen LogP contribution in [0.4, 0.5) is 5.82 Å². The molecule has 0 spiro atoms. The van der Waals surface area contributed by atoms with Crippen LogP contribution in [0.1, 0.15) is 21.6 Å². The highest BCUT2D eigenvalue weighted by atomic mass is 35.5. The van der Waals surface area contributed by atoms with Gasteiger partial charge in [0.15, 0.2) is 5.82 Å². The first-order valence-electron chi connectivity index (χ1n) is 11.1. The minimum Gasteiger partial charge on any atom is -0.354 e. The molecule has 2 aliphatic rings. The number of nitrogens with zero attached hydrogens (tertiary/aromatic N) is 5. The van der Waals surface area contributed by atoms with E-state index < -0.39 is 0 Å². The number of amides is 1. The van der Waals surface area contributed by atoms with E-state index in [0.717, 1.165) is 54.6 Å². The fourth-order valence-corrected chi connectivity index (χ4v) is 4.68. The number of rotatable bonds is 3. The summed E-state index contributed by atoms with van der Waals surface area (Å²) in [6.07, 6.45) is 0.686. The van der Waals surface area contributed by atoms with Gasteiger partial charge < -0.3 is 14.7 Å². The number of piperazine rings is 1. The van der Waals surface area contributed by atoms with Crippen LogP contribution in [0.2, 0.25) is 10.0 Å². The van der Waals surface area contributed by atoms with Crippen LogP contribution >= 0.6 is 23.2 Å². The zero-order valence-electron chi connectivity index (χ0n) is 18.5. The molecule has 8 heteroatoms. The van der Waals surface area contributed by atoms with Crippen molar-refractivity contribution in [3.8, 4) is 11.4 Å². The van der Waals surface area contributed by atoms with E-state index in [4.69, 9.17) is 33.2 Å². The van der Waals surface area contributed by atoms with Gasteiger partial charge in [0.05, 0.1) is 22.3 Å². The summed E-state index contributed by atoms with van der Waals surface area (Å²) in [5.41, 5.74) is 3.61. The molecule has 2 aromatic carbocycles. The average Bonchev–Trinajstić information content (AvgIpc) is 2.85. The van der Waals surface area contributed by atoms with Crippen LogP contribution in [0.5, 0.6) is 0 Å². The van der Waals surface area contributed by atoms with E-state index in [0.29, 0.717) is 35.1 Å². The Morgan fingerprint density at radius 3 is 2.39 bits per heavy atom. The van der Waals surface area contributed by atoms with E-state index >= 15 is 0 Å². The van der Waals surface area contributed by atoms with E-state index in [9.17, 15) is 4.79 Å². The summed E-state index contributed by atoms with van der Waals surface area (Å²) in [4.78, 5) is 29.7. The van der Waals surface area contributed by atoms with Crippen LogP contribution in [-0.4, -0.2) is 65.4 Å². The molecular weight excluding hydrogens is 457 g/mol. The number of fused-ring (bicyclic) bond motifs is 1.